The molecule has 1 heterocycles. The molecule has 2 aromatic rings. The Kier molecular flexibility index (Phi) is 3.90. The van der Waals surface area contributed by atoms with Crippen molar-refractivity contribution in [3.63, 3.8) is 0 Å². The summed E-state index contributed by atoms with van der Waals surface area (Å²) in [5.74, 6) is 0.469. The van der Waals surface area contributed by atoms with Gasteiger partial charge in [-0.1, -0.05) is 0 Å². The first kappa shape index (κ1) is 13.6. The molecular formula is C13H14BrN3O2. The van der Waals surface area contributed by atoms with Gasteiger partial charge in [-0.15, -0.1) is 0 Å². The van der Waals surface area contributed by atoms with E-state index in [2.05, 4.69) is 26.3 Å². The van der Waals surface area contributed by atoms with E-state index in [4.69, 9.17) is 4.74 Å². The van der Waals surface area contributed by atoms with Gasteiger partial charge in [-0.3, -0.25) is 9.48 Å². The van der Waals surface area contributed by atoms with Crippen LogP contribution in [-0.4, -0.2) is 22.8 Å². The first-order chi connectivity index (χ1) is 9.01. The maximum atomic E-state index is 12.2. The quantitative estimate of drug-likeness (QED) is 0.944. The van der Waals surface area contributed by atoms with Crippen LogP contribution in [0.5, 0.6) is 5.75 Å². The van der Waals surface area contributed by atoms with E-state index in [0.717, 1.165) is 10.2 Å². The van der Waals surface area contributed by atoms with Gasteiger partial charge in [0.2, 0.25) is 0 Å². The molecule has 2 rings (SSSR count). The molecule has 1 aromatic carbocycles. The summed E-state index contributed by atoms with van der Waals surface area (Å²) in [6.07, 6.45) is 0. The molecule has 0 aliphatic rings. The first-order valence-corrected chi connectivity index (χ1v) is 6.46. The minimum Gasteiger partial charge on any atom is -0.497 e. The zero-order valence-electron chi connectivity index (χ0n) is 10.9. The van der Waals surface area contributed by atoms with Gasteiger partial charge < -0.3 is 10.1 Å². The van der Waals surface area contributed by atoms with Gasteiger partial charge in [0.1, 0.15) is 11.4 Å². The summed E-state index contributed by atoms with van der Waals surface area (Å²) in [6, 6.07) is 7.13. The highest BCUT2D eigenvalue weighted by molar-refractivity contribution is 9.10. The zero-order chi connectivity index (χ0) is 14.0. The fourth-order valence-electron chi connectivity index (χ4n) is 1.74. The predicted octanol–water partition coefficient (Wildman–Crippen LogP) is 2.75. The highest BCUT2D eigenvalue weighted by Gasteiger charge is 2.13. The Morgan fingerprint density at radius 3 is 2.74 bits per heavy atom. The normalized spacial score (nSPS) is 10.3. The van der Waals surface area contributed by atoms with E-state index in [9.17, 15) is 4.79 Å². The number of anilines is 1. The number of nitrogens with one attached hydrogen (secondary N) is 1. The molecule has 0 fully saturated rings. The number of aromatic nitrogens is 2. The highest BCUT2D eigenvalue weighted by atomic mass is 79.9. The highest BCUT2D eigenvalue weighted by Crippen LogP contribution is 2.27. The molecule has 0 bridgehead atoms. The van der Waals surface area contributed by atoms with Crippen molar-refractivity contribution in [2.45, 2.75) is 6.92 Å². The summed E-state index contributed by atoms with van der Waals surface area (Å²) in [5, 5.41) is 6.98. The van der Waals surface area contributed by atoms with Gasteiger partial charge in [-0.2, -0.15) is 5.10 Å². The number of ether oxygens (including phenoxy) is 1. The number of rotatable bonds is 3. The van der Waals surface area contributed by atoms with Gasteiger partial charge in [0.05, 0.1) is 18.5 Å². The Morgan fingerprint density at radius 2 is 2.16 bits per heavy atom. The average Bonchev–Trinajstić information content (AvgIpc) is 2.71. The summed E-state index contributed by atoms with van der Waals surface area (Å²) >= 11 is 3.39. The van der Waals surface area contributed by atoms with Gasteiger partial charge in [0.15, 0.2) is 0 Å². The number of hydrogen-bond donors (Lipinski definition) is 1. The van der Waals surface area contributed by atoms with Crippen LogP contribution in [0.15, 0.2) is 28.7 Å². The van der Waals surface area contributed by atoms with Gasteiger partial charge in [0.25, 0.3) is 5.91 Å². The third-order valence-corrected chi connectivity index (χ3v) is 3.35. The summed E-state index contributed by atoms with van der Waals surface area (Å²) in [5.41, 5.74) is 1.97. The van der Waals surface area contributed by atoms with Crippen LogP contribution < -0.4 is 10.1 Å². The standard InChI is InChI=1S/C13H14BrN3O2/c1-8-6-12(17(2)16-8)13(18)15-11-7-9(19-3)4-5-10(11)14/h4-7H,1-3H3,(H,15,18). The largest absolute Gasteiger partial charge is 0.497 e. The zero-order valence-corrected chi connectivity index (χ0v) is 12.5. The average molecular weight is 324 g/mol. The second-order valence-corrected chi connectivity index (χ2v) is 4.95. The van der Waals surface area contributed by atoms with E-state index < -0.39 is 0 Å². The lowest BCUT2D eigenvalue weighted by molar-refractivity contribution is 0.101. The van der Waals surface area contributed by atoms with Gasteiger partial charge in [-0.25, -0.2) is 0 Å². The van der Waals surface area contributed by atoms with E-state index in [1.807, 2.05) is 19.1 Å². The fourth-order valence-corrected chi connectivity index (χ4v) is 2.08. The van der Waals surface area contributed by atoms with Gasteiger partial charge >= 0.3 is 0 Å². The van der Waals surface area contributed by atoms with Crippen molar-refractivity contribution in [3.05, 3.63) is 40.1 Å². The minimum absolute atomic E-state index is 0.211. The molecule has 0 saturated heterocycles. The molecule has 1 aromatic heterocycles. The molecule has 100 valence electrons. The molecule has 0 spiro atoms. The van der Waals surface area contributed by atoms with Crippen LogP contribution in [0.1, 0.15) is 16.2 Å². The van der Waals surface area contributed by atoms with Gasteiger partial charge in [0, 0.05) is 17.6 Å². The van der Waals surface area contributed by atoms with Crippen molar-refractivity contribution in [2.75, 3.05) is 12.4 Å². The molecule has 19 heavy (non-hydrogen) atoms. The number of benzene rings is 1. The molecule has 1 amide bonds. The minimum atomic E-state index is -0.211. The molecule has 0 aliphatic carbocycles. The molecule has 5 nitrogen and oxygen atoms in total. The Bertz CT molecular complexity index is 622. The SMILES string of the molecule is COc1ccc(Br)c(NC(=O)c2cc(C)nn2C)c1. The van der Waals surface area contributed by atoms with E-state index in [1.54, 1.807) is 31.0 Å². The number of nitrogens with zero attached hydrogens (tertiary/aromatic N) is 2. The molecule has 0 saturated carbocycles. The first-order valence-electron chi connectivity index (χ1n) is 5.67. The van der Waals surface area contributed by atoms with Crippen LogP contribution in [0.4, 0.5) is 5.69 Å². The second kappa shape index (κ2) is 5.44. The summed E-state index contributed by atoms with van der Waals surface area (Å²) in [6.45, 7) is 1.85. The number of amides is 1. The van der Waals surface area contributed by atoms with Crippen LogP contribution >= 0.6 is 15.9 Å². The molecule has 0 unspecified atom stereocenters. The molecule has 0 atom stereocenters. The van der Waals surface area contributed by atoms with Crippen molar-refractivity contribution in [3.8, 4) is 5.75 Å². The van der Waals surface area contributed by atoms with Crippen molar-refractivity contribution in [1.82, 2.24) is 9.78 Å². The number of carbonyl (C=O) groups excluding carboxylic acids is 1. The van der Waals surface area contributed by atoms with Crippen molar-refractivity contribution in [1.29, 1.82) is 0 Å². The maximum absolute atomic E-state index is 12.2. The van der Waals surface area contributed by atoms with Crippen LogP contribution in [0.25, 0.3) is 0 Å². The molecule has 0 aliphatic heterocycles. The van der Waals surface area contributed by atoms with E-state index >= 15 is 0 Å². The lowest BCUT2D eigenvalue weighted by atomic mass is 10.3. The summed E-state index contributed by atoms with van der Waals surface area (Å²) < 4.78 is 7.48. The Hall–Kier alpha value is -1.82. The Balaban J connectivity index is 2.26. The molecule has 1 N–H and O–H groups in total. The molecule has 6 heteroatoms. The third kappa shape index (κ3) is 2.96. The monoisotopic (exact) mass is 323 g/mol. The van der Waals surface area contributed by atoms with Crippen molar-refractivity contribution >= 4 is 27.5 Å². The van der Waals surface area contributed by atoms with E-state index in [-0.39, 0.29) is 5.91 Å². The maximum Gasteiger partial charge on any atom is 0.273 e. The van der Waals surface area contributed by atoms with Crippen LogP contribution in [0.2, 0.25) is 0 Å². The smallest absolute Gasteiger partial charge is 0.273 e. The van der Waals surface area contributed by atoms with Crippen LogP contribution in [-0.2, 0) is 7.05 Å². The van der Waals surface area contributed by atoms with Gasteiger partial charge in [-0.05, 0) is 41.1 Å². The number of carbonyl (C=O) groups is 1. The van der Waals surface area contributed by atoms with E-state index in [0.29, 0.717) is 17.1 Å². The summed E-state index contributed by atoms with van der Waals surface area (Å²) in [4.78, 5) is 12.2. The topological polar surface area (TPSA) is 56.1 Å². The molecule has 0 radical (unpaired) electrons. The Morgan fingerprint density at radius 1 is 1.42 bits per heavy atom. The lowest BCUT2D eigenvalue weighted by Crippen LogP contribution is -2.16. The van der Waals surface area contributed by atoms with Crippen LogP contribution in [0, 0.1) is 6.92 Å². The third-order valence-electron chi connectivity index (χ3n) is 2.66. The molecular weight excluding hydrogens is 310 g/mol. The Labute approximate surface area is 119 Å². The number of halogens is 1. The lowest BCUT2D eigenvalue weighted by Gasteiger charge is -2.09. The number of aryl methyl sites for hydroxylation is 2. The number of methoxy groups -OCH3 is 1. The van der Waals surface area contributed by atoms with Crippen molar-refractivity contribution < 1.29 is 9.53 Å². The second-order valence-electron chi connectivity index (χ2n) is 4.09. The fraction of sp³-hybridized carbons (Fsp3) is 0.231. The van der Waals surface area contributed by atoms with E-state index in [1.165, 1.54) is 0 Å². The predicted molar refractivity (Wildman–Crippen MR) is 76.6 cm³/mol. The summed E-state index contributed by atoms with van der Waals surface area (Å²) in [7, 11) is 3.32. The number of hydrogen-bond acceptors (Lipinski definition) is 3. The van der Waals surface area contributed by atoms with Crippen LogP contribution in [0.3, 0.4) is 0 Å². The van der Waals surface area contributed by atoms with Crippen molar-refractivity contribution in [2.24, 2.45) is 7.05 Å².